The zero-order chi connectivity index (χ0) is 16.0. The fourth-order valence-corrected chi connectivity index (χ4v) is 2.13. The van der Waals surface area contributed by atoms with Crippen molar-refractivity contribution in [1.82, 2.24) is 15.8 Å². The van der Waals surface area contributed by atoms with Crippen molar-refractivity contribution in [2.75, 3.05) is 27.2 Å². The molecule has 0 radical (unpaired) electrons. The molecule has 1 aromatic rings. The Morgan fingerprint density at radius 2 is 2.05 bits per heavy atom. The lowest BCUT2D eigenvalue weighted by Crippen LogP contribution is -2.46. The molecule has 1 rings (SSSR count). The van der Waals surface area contributed by atoms with E-state index in [9.17, 15) is 0 Å². The van der Waals surface area contributed by atoms with E-state index < -0.39 is 0 Å². The van der Waals surface area contributed by atoms with Crippen LogP contribution in [0, 0.1) is 13.8 Å². The molecule has 1 heterocycles. The first-order valence-electron chi connectivity index (χ1n) is 7.23. The minimum Gasteiger partial charge on any atom is -0.377 e. The summed E-state index contributed by atoms with van der Waals surface area (Å²) in [4.78, 5) is 4.22. The maximum atomic E-state index is 5.38. The molecule has 0 saturated carbocycles. The smallest absolute Gasteiger partial charge is 0.191 e. The van der Waals surface area contributed by atoms with Crippen LogP contribution in [0.25, 0.3) is 0 Å². The average Bonchev–Trinajstić information content (AvgIpc) is 2.78. The SMILES string of the molecule is CN=C(NCC(C)c1c(C)noc1C)NCC(C)(C)OC. The van der Waals surface area contributed by atoms with Gasteiger partial charge in [-0.05, 0) is 27.7 Å². The predicted molar refractivity (Wildman–Crippen MR) is 84.8 cm³/mol. The largest absolute Gasteiger partial charge is 0.377 e. The molecule has 1 aromatic heterocycles. The van der Waals surface area contributed by atoms with Gasteiger partial charge in [0.15, 0.2) is 5.96 Å². The molecule has 1 unspecified atom stereocenters. The molecule has 6 nitrogen and oxygen atoms in total. The second-order valence-corrected chi connectivity index (χ2v) is 5.91. The first-order valence-corrected chi connectivity index (χ1v) is 7.23. The topological polar surface area (TPSA) is 71.7 Å². The fourth-order valence-electron chi connectivity index (χ4n) is 2.13. The van der Waals surface area contributed by atoms with Crippen LogP contribution in [-0.4, -0.2) is 44.0 Å². The van der Waals surface area contributed by atoms with Crippen molar-refractivity contribution in [3.05, 3.63) is 17.0 Å². The molecule has 120 valence electrons. The number of aliphatic imine (C=N–C) groups is 1. The summed E-state index contributed by atoms with van der Waals surface area (Å²) >= 11 is 0. The molecule has 1 atom stereocenters. The van der Waals surface area contributed by atoms with Gasteiger partial charge in [0.25, 0.3) is 0 Å². The Bertz CT molecular complexity index is 461. The molecule has 0 bridgehead atoms. The van der Waals surface area contributed by atoms with Crippen LogP contribution in [0.3, 0.4) is 0 Å². The zero-order valence-corrected chi connectivity index (χ0v) is 14.2. The highest BCUT2D eigenvalue weighted by atomic mass is 16.5. The summed E-state index contributed by atoms with van der Waals surface area (Å²) in [6.07, 6.45) is 0. The lowest BCUT2D eigenvalue weighted by molar-refractivity contribution is 0.0268. The van der Waals surface area contributed by atoms with Crippen LogP contribution in [0.4, 0.5) is 0 Å². The minimum atomic E-state index is -0.231. The predicted octanol–water partition coefficient (Wildman–Crippen LogP) is 1.98. The second kappa shape index (κ2) is 7.45. The Labute approximate surface area is 127 Å². The number of hydrogen-bond donors (Lipinski definition) is 2. The van der Waals surface area contributed by atoms with Crippen LogP contribution in [0.2, 0.25) is 0 Å². The lowest BCUT2D eigenvalue weighted by Gasteiger charge is -2.25. The van der Waals surface area contributed by atoms with Crippen LogP contribution in [0.5, 0.6) is 0 Å². The average molecular weight is 296 g/mol. The summed E-state index contributed by atoms with van der Waals surface area (Å²) in [6.45, 7) is 11.6. The number of guanidine groups is 1. The van der Waals surface area contributed by atoms with Crippen molar-refractivity contribution in [3.8, 4) is 0 Å². The van der Waals surface area contributed by atoms with E-state index in [1.807, 2.05) is 27.7 Å². The fraction of sp³-hybridized carbons (Fsp3) is 0.733. The maximum absolute atomic E-state index is 5.38. The van der Waals surface area contributed by atoms with E-state index in [1.54, 1.807) is 14.2 Å². The van der Waals surface area contributed by atoms with Gasteiger partial charge in [-0.25, -0.2) is 0 Å². The van der Waals surface area contributed by atoms with E-state index >= 15 is 0 Å². The standard InChI is InChI=1S/C15H28N4O2/c1-10(13-11(2)19-21-12(13)3)8-17-14(16-6)18-9-15(4,5)20-7/h10H,8-9H2,1-7H3,(H2,16,17,18). The molecule has 0 amide bonds. The highest BCUT2D eigenvalue weighted by Crippen LogP contribution is 2.22. The summed E-state index contributed by atoms with van der Waals surface area (Å²) in [6, 6.07) is 0. The van der Waals surface area contributed by atoms with E-state index in [0.717, 1.165) is 29.5 Å². The van der Waals surface area contributed by atoms with Crippen LogP contribution in [0.15, 0.2) is 9.52 Å². The molecule has 0 aliphatic rings. The Morgan fingerprint density at radius 1 is 1.38 bits per heavy atom. The van der Waals surface area contributed by atoms with Gasteiger partial charge in [-0.15, -0.1) is 0 Å². The number of methoxy groups -OCH3 is 1. The first-order chi connectivity index (χ1) is 9.80. The Balaban J connectivity index is 2.53. The molecule has 0 spiro atoms. The van der Waals surface area contributed by atoms with Gasteiger partial charge in [0.05, 0.1) is 11.3 Å². The number of hydrogen-bond acceptors (Lipinski definition) is 4. The molecule has 21 heavy (non-hydrogen) atoms. The van der Waals surface area contributed by atoms with Crippen molar-refractivity contribution in [3.63, 3.8) is 0 Å². The summed E-state index contributed by atoms with van der Waals surface area (Å²) in [7, 11) is 3.47. The molecule has 2 N–H and O–H groups in total. The third-order valence-corrected chi connectivity index (χ3v) is 3.61. The van der Waals surface area contributed by atoms with Gasteiger partial charge < -0.3 is 19.9 Å². The second-order valence-electron chi connectivity index (χ2n) is 5.91. The third-order valence-electron chi connectivity index (χ3n) is 3.61. The molecule has 6 heteroatoms. The van der Waals surface area contributed by atoms with Crippen molar-refractivity contribution >= 4 is 5.96 Å². The number of ether oxygens (including phenoxy) is 1. The van der Waals surface area contributed by atoms with E-state index in [1.165, 1.54) is 0 Å². The van der Waals surface area contributed by atoms with Gasteiger partial charge in [0, 0.05) is 38.7 Å². The number of rotatable bonds is 6. The van der Waals surface area contributed by atoms with Gasteiger partial charge in [0.2, 0.25) is 0 Å². The lowest BCUT2D eigenvalue weighted by atomic mass is 10.00. The van der Waals surface area contributed by atoms with Crippen molar-refractivity contribution in [2.45, 2.75) is 46.1 Å². The normalized spacial score (nSPS) is 14.1. The molecule has 0 aliphatic carbocycles. The zero-order valence-electron chi connectivity index (χ0n) is 14.2. The van der Waals surface area contributed by atoms with Crippen LogP contribution in [0.1, 0.15) is 43.7 Å². The van der Waals surface area contributed by atoms with Crippen molar-refractivity contribution < 1.29 is 9.26 Å². The number of nitrogens with zero attached hydrogens (tertiary/aromatic N) is 2. The number of aromatic nitrogens is 1. The molecule has 0 saturated heterocycles. The molecule has 0 fully saturated rings. The van der Waals surface area contributed by atoms with E-state index in [0.29, 0.717) is 12.5 Å². The molecule has 0 aliphatic heterocycles. The van der Waals surface area contributed by atoms with Crippen LogP contribution >= 0.6 is 0 Å². The van der Waals surface area contributed by atoms with E-state index in [-0.39, 0.29) is 5.60 Å². The highest BCUT2D eigenvalue weighted by molar-refractivity contribution is 5.79. The number of aryl methyl sites for hydroxylation is 2. The highest BCUT2D eigenvalue weighted by Gasteiger charge is 2.18. The van der Waals surface area contributed by atoms with Crippen molar-refractivity contribution in [2.24, 2.45) is 4.99 Å². The number of nitrogens with one attached hydrogen (secondary N) is 2. The van der Waals surface area contributed by atoms with Crippen LogP contribution in [-0.2, 0) is 4.74 Å². The Hall–Kier alpha value is -1.56. The quantitative estimate of drug-likeness (QED) is 0.620. The summed E-state index contributed by atoms with van der Waals surface area (Å²) in [5.41, 5.74) is 1.88. The molecular formula is C15H28N4O2. The van der Waals surface area contributed by atoms with Gasteiger partial charge >= 0.3 is 0 Å². The Kier molecular flexibility index (Phi) is 6.20. The first kappa shape index (κ1) is 17.5. The van der Waals surface area contributed by atoms with Gasteiger partial charge in [-0.3, -0.25) is 4.99 Å². The summed E-state index contributed by atoms with van der Waals surface area (Å²) in [5, 5.41) is 10.6. The summed E-state index contributed by atoms with van der Waals surface area (Å²) < 4.78 is 10.6. The summed E-state index contributed by atoms with van der Waals surface area (Å²) in [5.74, 6) is 1.94. The minimum absolute atomic E-state index is 0.231. The van der Waals surface area contributed by atoms with Crippen LogP contribution < -0.4 is 10.6 Å². The Morgan fingerprint density at radius 3 is 2.52 bits per heavy atom. The molecular weight excluding hydrogens is 268 g/mol. The van der Waals surface area contributed by atoms with E-state index in [2.05, 4.69) is 27.7 Å². The van der Waals surface area contributed by atoms with Crippen molar-refractivity contribution in [1.29, 1.82) is 0 Å². The third kappa shape index (κ3) is 5.04. The molecule has 0 aromatic carbocycles. The van der Waals surface area contributed by atoms with Gasteiger partial charge in [0.1, 0.15) is 5.76 Å². The van der Waals surface area contributed by atoms with Gasteiger partial charge in [-0.2, -0.15) is 0 Å². The van der Waals surface area contributed by atoms with Gasteiger partial charge in [-0.1, -0.05) is 12.1 Å². The maximum Gasteiger partial charge on any atom is 0.191 e. The monoisotopic (exact) mass is 296 g/mol. The van der Waals surface area contributed by atoms with E-state index in [4.69, 9.17) is 9.26 Å².